The first-order chi connectivity index (χ1) is 12.3. The topological polar surface area (TPSA) is 93.0 Å². The van der Waals surface area contributed by atoms with Crippen LogP contribution in [0.1, 0.15) is 25.7 Å². The molecule has 3 aromatic rings. The third kappa shape index (κ3) is 2.97. The second kappa shape index (κ2) is 6.58. The van der Waals surface area contributed by atoms with Gasteiger partial charge in [-0.25, -0.2) is 4.98 Å². The highest BCUT2D eigenvalue weighted by Crippen LogP contribution is 2.32. The molecule has 0 radical (unpaired) electrons. The average Bonchev–Trinajstić information content (AvgIpc) is 2.87. The largest absolute Gasteiger partial charge is 0.497 e. The van der Waals surface area contributed by atoms with Crippen LogP contribution in [0, 0.1) is 0 Å². The van der Waals surface area contributed by atoms with Gasteiger partial charge in [-0.3, -0.25) is 5.10 Å². The number of nitrogen functional groups attached to an aromatic ring is 1. The molecule has 1 aliphatic heterocycles. The van der Waals surface area contributed by atoms with E-state index < -0.39 is 0 Å². The maximum atomic E-state index is 6.09. The average molecular weight is 338 g/mol. The van der Waals surface area contributed by atoms with Crippen LogP contribution in [0.2, 0.25) is 0 Å². The Labute approximate surface area is 146 Å². The number of fused-ring (bicyclic) bond motifs is 1. The molecule has 0 aliphatic carbocycles. The number of benzene rings is 1. The van der Waals surface area contributed by atoms with Gasteiger partial charge in [0.25, 0.3) is 0 Å². The van der Waals surface area contributed by atoms with Gasteiger partial charge in [0, 0.05) is 18.7 Å². The minimum Gasteiger partial charge on any atom is -0.497 e. The number of aromatic amines is 1. The summed E-state index contributed by atoms with van der Waals surface area (Å²) in [4.78, 5) is 11.8. The summed E-state index contributed by atoms with van der Waals surface area (Å²) < 4.78 is 5.25. The fourth-order valence-electron chi connectivity index (χ4n) is 3.31. The second-order valence-electron chi connectivity index (χ2n) is 6.34. The summed E-state index contributed by atoms with van der Waals surface area (Å²) in [6.45, 7) is 1.96. The first-order valence-corrected chi connectivity index (χ1v) is 8.67. The summed E-state index contributed by atoms with van der Waals surface area (Å²) in [7, 11) is 1.66. The molecule has 1 aromatic carbocycles. The van der Waals surface area contributed by atoms with Crippen molar-refractivity contribution in [3.63, 3.8) is 0 Å². The number of H-pyrrole nitrogens is 1. The number of nitrogens with two attached hydrogens (primary N) is 1. The molecule has 4 rings (SSSR count). The summed E-state index contributed by atoms with van der Waals surface area (Å²) in [5.74, 6) is 2.02. The van der Waals surface area contributed by atoms with Crippen LogP contribution in [0.3, 0.4) is 0 Å². The Hall–Kier alpha value is -2.83. The van der Waals surface area contributed by atoms with Gasteiger partial charge in [-0.15, -0.1) is 0 Å². The van der Waals surface area contributed by atoms with E-state index in [4.69, 9.17) is 15.5 Å². The monoisotopic (exact) mass is 338 g/mol. The molecule has 130 valence electrons. The predicted molar refractivity (Wildman–Crippen MR) is 98.8 cm³/mol. The fraction of sp³-hybridized carbons (Fsp3) is 0.389. The van der Waals surface area contributed by atoms with Crippen molar-refractivity contribution in [1.29, 1.82) is 0 Å². The number of nitrogens with zero attached hydrogens (tertiary/aromatic N) is 4. The molecule has 1 fully saturated rings. The summed E-state index contributed by atoms with van der Waals surface area (Å²) >= 11 is 0. The molecule has 7 nitrogen and oxygen atoms in total. The minimum absolute atomic E-state index is 0.489. The zero-order chi connectivity index (χ0) is 17.2. The van der Waals surface area contributed by atoms with Gasteiger partial charge < -0.3 is 15.4 Å². The van der Waals surface area contributed by atoms with Crippen LogP contribution < -0.4 is 15.4 Å². The Kier molecular flexibility index (Phi) is 4.13. The number of rotatable bonds is 3. The van der Waals surface area contributed by atoms with E-state index in [9.17, 15) is 0 Å². The van der Waals surface area contributed by atoms with Crippen molar-refractivity contribution in [2.24, 2.45) is 0 Å². The molecule has 25 heavy (non-hydrogen) atoms. The van der Waals surface area contributed by atoms with Crippen molar-refractivity contribution in [3.8, 4) is 17.0 Å². The van der Waals surface area contributed by atoms with Crippen molar-refractivity contribution in [3.05, 3.63) is 24.3 Å². The SMILES string of the molecule is COc1ccc(-c2nc(N3CCCCCC3)nc3n[nH]c(N)c23)cc1. The Bertz CT molecular complexity index is 865. The van der Waals surface area contributed by atoms with Crippen LogP contribution in [0.4, 0.5) is 11.8 Å². The molecule has 0 amide bonds. The maximum absolute atomic E-state index is 6.09. The normalized spacial score (nSPS) is 15.3. The molecule has 0 unspecified atom stereocenters. The molecule has 0 spiro atoms. The predicted octanol–water partition coefficient (Wildman–Crippen LogP) is 2.99. The van der Waals surface area contributed by atoms with E-state index in [2.05, 4.69) is 20.1 Å². The van der Waals surface area contributed by atoms with Crippen LogP contribution in [0.15, 0.2) is 24.3 Å². The molecule has 0 saturated carbocycles. The van der Waals surface area contributed by atoms with Crippen molar-refractivity contribution < 1.29 is 4.74 Å². The van der Waals surface area contributed by atoms with Gasteiger partial charge in [0.05, 0.1) is 18.2 Å². The third-order valence-electron chi connectivity index (χ3n) is 4.68. The van der Waals surface area contributed by atoms with E-state index in [0.717, 1.165) is 41.4 Å². The molecule has 0 atom stereocenters. The Balaban J connectivity index is 1.83. The third-order valence-corrected chi connectivity index (χ3v) is 4.68. The van der Waals surface area contributed by atoms with Gasteiger partial charge in [0.2, 0.25) is 5.95 Å². The molecular weight excluding hydrogens is 316 g/mol. The van der Waals surface area contributed by atoms with E-state index in [1.54, 1.807) is 7.11 Å². The highest BCUT2D eigenvalue weighted by Gasteiger charge is 2.19. The molecule has 0 bridgehead atoms. The van der Waals surface area contributed by atoms with Gasteiger partial charge in [-0.05, 0) is 37.1 Å². The smallest absolute Gasteiger partial charge is 0.228 e. The Morgan fingerprint density at radius 2 is 1.76 bits per heavy atom. The Morgan fingerprint density at radius 1 is 1.04 bits per heavy atom. The number of methoxy groups -OCH3 is 1. The Morgan fingerprint density at radius 3 is 2.44 bits per heavy atom. The molecule has 1 saturated heterocycles. The summed E-state index contributed by atoms with van der Waals surface area (Å²) in [5.41, 5.74) is 8.47. The van der Waals surface area contributed by atoms with Crippen molar-refractivity contribution >= 4 is 22.8 Å². The molecule has 3 heterocycles. The van der Waals surface area contributed by atoms with E-state index in [1.807, 2.05) is 24.3 Å². The number of hydrogen-bond donors (Lipinski definition) is 2. The van der Waals surface area contributed by atoms with Gasteiger partial charge in [0.1, 0.15) is 11.6 Å². The second-order valence-corrected chi connectivity index (χ2v) is 6.34. The lowest BCUT2D eigenvalue weighted by molar-refractivity contribution is 0.415. The molecule has 1 aliphatic rings. The molecular formula is C18H22N6O. The van der Waals surface area contributed by atoms with Crippen LogP contribution in [-0.4, -0.2) is 40.4 Å². The zero-order valence-corrected chi connectivity index (χ0v) is 14.3. The highest BCUT2D eigenvalue weighted by molar-refractivity contribution is 5.98. The van der Waals surface area contributed by atoms with Crippen LogP contribution in [0.25, 0.3) is 22.3 Å². The van der Waals surface area contributed by atoms with Crippen molar-refractivity contribution in [2.75, 3.05) is 30.8 Å². The lowest BCUT2D eigenvalue weighted by Gasteiger charge is -2.20. The number of aromatic nitrogens is 4. The maximum Gasteiger partial charge on any atom is 0.228 e. The standard InChI is InChI=1S/C18H22N6O/c1-25-13-8-6-12(7-9-13)15-14-16(19)22-23-17(14)21-18(20-15)24-10-4-2-3-5-11-24/h6-9H,2-5,10-11H2,1H3,(H3,19,20,21,22,23). The number of ether oxygens (including phenoxy) is 1. The van der Waals surface area contributed by atoms with Crippen LogP contribution in [0.5, 0.6) is 5.75 Å². The van der Waals surface area contributed by atoms with Gasteiger partial charge >= 0.3 is 0 Å². The lowest BCUT2D eigenvalue weighted by atomic mass is 10.1. The van der Waals surface area contributed by atoms with Crippen LogP contribution >= 0.6 is 0 Å². The minimum atomic E-state index is 0.489. The van der Waals surface area contributed by atoms with E-state index in [0.29, 0.717) is 11.5 Å². The highest BCUT2D eigenvalue weighted by atomic mass is 16.5. The molecule has 7 heteroatoms. The summed E-state index contributed by atoms with van der Waals surface area (Å²) in [5, 5.41) is 7.87. The van der Waals surface area contributed by atoms with E-state index in [-0.39, 0.29) is 0 Å². The zero-order valence-electron chi connectivity index (χ0n) is 14.3. The summed E-state index contributed by atoms with van der Waals surface area (Å²) in [6.07, 6.45) is 4.86. The number of nitrogens with one attached hydrogen (secondary N) is 1. The number of anilines is 2. The van der Waals surface area contributed by atoms with Crippen molar-refractivity contribution in [1.82, 2.24) is 20.2 Å². The van der Waals surface area contributed by atoms with Gasteiger partial charge in [-0.2, -0.15) is 10.1 Å². The quantitative estimate of drug-likeness (QED) is 0.762. The first kappa shape index (κ1) is 15.7. The summed E-state index contributed by atoms with van der Waals surface area (Å²) in [6, 6.07) is 7.81. The van der Waals surface area contributed by atoms with Crippen molar-refractivity contribution in [2.45, 2.75) is 25.7 Å². The molecule has 2 aromatic heterocycles. The fourth-order valence-corrected chi connectivity index (χ4v) is 3.31. The molecule has 3 N–H and O–H groups in total. The van der Waals surface area contributed by atoms with E-state index >= 15 is 0 Å². The lowest BCUT2D eigenvalue weighted by Crippen LogP contribution is -2.26. The van der Waals surface area contributed by atoms with Crippen LogP contribution in [-0.2, 0) is 0 Å². The van der Waals surface area contributed by atoms with E-state index in [1.165, 1.54) is 25.7 Å². The van der Waals surface area contributed by atoms with Gasteiger partial charge in [0.15, 0.2) is 5.65 Å². The first-order valence-electron chi connectivity index (χ1n) is 8.67. The number of hydrogen-bond acceptors (Lipinski definition) is 6. The van der Waals surface area contributed by atoms with Gasteiger partial charge in [-0.1, -0.05) is 12.8 Å².